The smallest absolute Gasteiger partial charge is 0.315 e. The molecule has 2 aromatic carbocycles. The van der Waals surface area contributed by atoms with Gasteiger partial charge in [0.05, 0.1) is 23.4 Å². The summed E-state index contributed by atoms with van der Waals surface area (Å²) in [7, 11) is 0. The van der Waals surface area contributed by atoms with Gasteiger partial charge in [-0.05, 0) is 50.5 Å². The van der Waals surface area contributed by atoms with E-state index in [0.29, 0.717) is 28.1 Å². The molecule has 2 atom stereocenters. The zero-order valence-electron chi connectivity index (χ0n) is 18.1. The maximum atomic E-state index is 12.6. The molecule has 168 valence electrons. The Kier molecular flexibility index (Phi) is 6.92. The number of nitrogens with zero attached hydrogens (tertiary/aromatic N) is 2. The van der Waals surface area contributed by atoms with Crippen molar-refractivity contribution in [3.63, 3.8) is 0 Å². The van der Waals surface area contributed by atoms with E-state index in [1.165, 1.54) is 0 Å². The van der Waals surface area contributed by atoms with E-state index in [-0.39, 0.29) is 18.1 Å². The first-order valence-corrected chi connectivity index (χ1v) is 11.6. The number of urea groups is 1. The second-order valence-electron chi connectivity index (χ2n) is 7.90. The normalized spacial score (nSPS) is 16.4. The number of fused-ring (bicyclic) bond motifs is 1. The van der Waals surface area contributed by atoms with Crippen molar-refractivity contribution in [2.45, 2.75) is 45.2 Å². The number of amides is 2. The topological polar surface area (TPSA) is 68.2 Å². The quantitative estimate of drug-likeness (QED) is 0.467. The number of carbonyl (C=O) groups is 1. The van der Waals surface area contributed by atoms with E-state index in [9.17, 15) is 4.79 Å². The number of ether oxygens (including phenoxy) is 1. The highest BCUT2D eigenvalue weighted by atomic mass is 35.5. The second-order valence-corrected chi connectivity index (χ2v) is 8.75. The number of aromatic nitrogens is 2. The SMILES string of the molecule is CCC(C)NC(=O)NC1CCCOc2c1nn(-c1ccccc1Cl)c2-c1ccc(Cl)cc1. The van der Waals surface area contributed by atoms with Crippen molar-refractivity contribution in [3.05, 3.63) is 64.3 Å². The minimum atomic E-state index is -0.286. The summed E-state index contributed by atoms with van der Waals surface area (Å²) >= 11 is 12.7. The summed E-state index contributed by atoms with van der Waals surface area (Å²) < 4.78 is 7.98. The highest BCUT2D eigenvalue weighted by Gasteiger charge is 2.31. The first-order chi connectivity index (χ1) is 15.5. The zero-order chi connectivity index (χ0) is 22.7. The summed E-state index contributed by atoms with van der Waals surface area (Å²) in [5, 5.41) is 12.2. The molecule has 1 aliphatic rings. The molecule has 0 spiro atoms. The summed E-state index contributed by atoms with van der Waals surface area (Å²) in [5.74, 6) is 0.651. The average molecular weight is 473 g/mol. The Morgan fingerprint density at radius 3 is 2.69 bits per heavy atom. The molecule has 0 saturated carbocycles. The summed E-state index contributed by atoms with van der Waals surface area (Å²) in [6.07, 6.45) is 2.38. The highest BCUT2D eigenvalue weighted by molar-refractivity contribution is 6.32. The summed E-state index contributed by atoms with van der Waals surface area (Å²) in [6, 6.07) is 14.6. The fourth-order valence-electron chi connectivity index (χ4n) is 3.71. The number of halogens is 2. The molecule has 2 heterocycles. The maximum Gasteiger partial charge on any atom is 0.315 e. The van der Waals surface area contributed by atoms with Crippen LogP contribution in [0.5, 0.6) is 5.75 Å². The highest BCUT2D eigenvalue weighted by Crippen LogP contribution is 2.42. The number of hydrogen-bond donors (Lipinski definition) is 2. The van der Waals surface area contributed by atoms with Gasteiger partial charge in [0, 0.05) is 16.6 Å². The molecule has 0 aliphatic carbocycles. The van der Waals surface area contributed by atoms with Crippen LogP contribution in [0.3, 0.4) is 0 Å². The van der Waals surface area contributed by atoms with Crippen LogP contribution in [0.1, 0.15) is 44.8 Å². The molecule has 1 aromatic heterocycles. The Balaban J connectivity index is 1.82. The van der Waals surface area contributed by atoms with Gasteiger partial charge in [0.1, 0.15) is 11.4 Å². The van der Waals surface area contributed by atoms with E-state index in [4.69, 9.17) is 33.0 Å². The van der Waals surface area contributed by atoms with Gasteiger partial charge in [-0.2, -0.15) is 5.10 Å². The van der Waals surface area contributed by atoms with Gasteiger partial charge >= 0.3 is 6.03 Å². The van der Waals surface area contributed by atoms with E-state index >= 15 is 0 Å². The second kappa shape index (κ2) is 9.84. The molecule has 0 bridgehead atoms. The van der Waals surface area contributed by atoms with Crippen molar-refractivity contribution in [3.8, 4) is 22.7 Å². The number of benzene rings is 2. The zero-order valence-corrected chi connectivity index (χ0v) is 19.6. The molecule has 0 fully saturated rings. The molecule has 0 saturated heterocycles. The lowest BCUT2D eigenvalue weighted by atomic mass is 10.1. The standard InChI is InChI=1S/C24H26Cl2N4O2/c1-3-15(2)27-24(31)28-19-8-6-14-32-23-21(19)29-30(20-9-5-4-7-18(20)26)22(23)16-10-12-17(25)13-11-16/h4-5,7,9-13,15,19H,3,6,8,14H2,1-2H3,(H2,27,28,31). The Morgan fingerprint density at radius 1 is 1.22 bits per heavy atom. The lowest BCUT2D eigenvalue weighted by molar-refractivity contribution is 0.232. The Labute approximate surface area is 197 Å². The lowest BCUT2D eigenvalue weighted by Crippen LogP contribution is -2.42. The van der Waals surface area contributed by atoms with E-state index in [1.807, 2.05) is 62.4 Å². The van der Waals surface area contributed by atoms with Gasteiger partial charge in [0.2, 0.25) is 0 Å². The number of nitrogens with one attached hydrogen (secondary N) is 2. The Morgan fingerprint density at radius 2 is 1.97 bits per heavy atom. The minimum absolute atomic E-state index is 0.0850. The van der Waals surface area contributed by atoms with Crippen LogP contribution in [0, 0.1) is 0 Å². The van der Waals surface area contributed by atoms with Crippen LogP contribution in [0.2, 0.25) is 10.0 Å². The summed E-state index contributed by atoms with van der Waals surface area (Å²) in [6.45, 7) is 4.55. The van der Waals surface area contributed by atoms with Gasteiger partial charge in [0.25, 0.3) is 0 Å². The fourth-order valence-corrected chi connectivity index (χ4v) is 4.06. The van der Waals surface area contributed by atoms with E-state index in [2.05, 4.69) is 10.6 Å². The van der Waals surface area contributed by atoms with Gasteiger partial charge in [0.15, 0.2) is 5.75 Å². The molecule has 8 heteroatoms. The van der Waals surface area contributed by atoms with Crippen molar-refractivity contribution < 1.29 is 9.53 Å². The lowest BCUT2D eigenvalue weighted by Gasteiger charge is -2.18. The molecule has 1 aliphatic heterocycles. The number of carbonyl (C=O) groups excluding carboxylic acids is 1. The van der Waals surface area contributed by atoms with E-state index < -0.39 is 0 Å². The van der Waals surface area contributed by atoms with Crippen molar-refractivity contribution in [2.75, 3.05) is 6.61 Å². The van der Waals surface area contributed by atoms with Gasteiger partial charge in [-0.3, -0.25) is 0 Å². The molecular formula is C24H26Cl2N4O2. The molecule has 4 rings (SSSR count). The van der Waals surface area contributed by atoms with Crippen LogP contribution in [-0.4, -0.2) is 28.5 Å². The van der Waals surface area contributed by atoms with Crippen LogP contribution in [-0.2, 0) is 0 Å². The van der Waals surface area contributed by atoms with Crippen molar-refractivity contribution in [2.24, 2.45) is 0 Å². The molecular weight excluding hydrogens is 447 g/mol. The molecule has 32 heavy (non-hydrogen) atoms. The van der Waals surface area contributed by atoms with Crippen molar-refractivity contribution >= 4 is 29.2 Å². The first kappa shape index (κ1) is 22.5. The monoisotopic (exact) mass is 472 g/mol. The van der Waals surface area contributed by atoms with Gasteiger partial charge < -0.3 is 15.4 Å². The average Bonchev–Trinajstić information content (AvgIpc) is 3.05. The van der Waals surface area contributed by atoms with Crippen molar-refractivity contribution in [1.29, 1.82) is 0 Å². The van der Waals surface area contributed by atoms with Gasteiger partial charge in [-0.25, -0.2) is 9.48 Å². The van der Waals surface area contributed by atoms with Gasteiger partial charge in [-0.1, -0.05) is 54.4 Å². The minimum Gasteiger partial charge on any atom is -0.489 e. The third-order valence-electron chi connectivity index (χ3n) is 5.57. The number of para-hydroxylation sites is 1. The summed E-state index contributed by atoms with van der Waals surface area (Å²) in [5.41, 5.74) is 3.10. The van der Waals surface area contributed by atoms with Crippen molar-refractivity contribution in [1.82, 2.24) is 20.4 Å². The van der Waals surface area contributed by atoms with Crippen LogP contribution in [0.4, 0.5) is 4.79 Å². The molecule has 2 N–H and O–H groups in total. The van der Waals surface area contributed by atoms with E-state index in [0.717, 1.165) is 36.2 Å². The third kappa shape index (κ3) is 4.71. The van der Waals surface area contributed by atoms with E-state index in [1.54, 1.807) is 4.68 Å². The molecule has 0 radical (unpaired) electrons. The number of rotatable bonds is 5. The number of hydrogen-bond acceptors (Lipinski definition) is 3. The predicted octanol–water partition coefficient (Wildman–Crippen LogP) is 6.16. The molecule has 2 amide bonds. The first-order valence-electron chi connectivity index (χ1n) is 10.8. The van der Waals surface area contributed by atoms with Gasteiger partial charge in [-0.15, -0.1) is 0 Å². The van der Waals surface area contributed by atoms with Crippen LogP contribution >= 0.6 is 23.2 Å². The van der Waals surface area contributed by atoms with Crippen LogP contribution in [0.15, 0.2) is 48.5 Å². The summed E-state index contributed by atoms with van der Waals surface area (Å²) in [4.78, 5) is 12.6. The molecule has 6 nitrogen and oxygen atoms in total. The Hall–Kier alpha value is -2.70. The maximum absolute atomic E-state index is 12.6. The predicted molar refractivity (Wildman–Crippen MR) is 128 cm³/mol. The third-order valence-corrected chi connectivity index (χ3v) is 6.15. The molecule has 2 unspecified atom stereocenters. The van der Waals surface area contributed by atoms with Crippen LogP contribution in [0.25, 0.3) is 16.9 Å². The largest absolute Gasteiger partial charge is 0.489 e. The fraction of sp³-hybridized carbons (Fsp3) is 0.333. The molecule has 3 aromatic rings. The Bertz CT molecular complexity index is 1100. The van der Waals surface area contributed by atoms with Crippen LogP contribution < -0.4 is 15.4 Å².